The molecule has 8 nitrogen and oxygen atoms in total. The first-order valence-electron chi connectivity index (χ1n) is 9.98. The molecule has 32 heavy (non-hydrogen) atoms. The van der Waals surface area contributed by atoms with Crippen molar-refractivity contribution in [2.24, 2.45) is 0 Å². The molecule has 0 aliphatic rings. The smallest absolute Gasteiger partial charge is 0.338 e. The van der Waals surface area contributed by atoms with E-state index >= 15 is 0 Å². The summed E-state index contributed by atoms with van der Waals surface area (Å²) in [6.45, 7) is 3.72. The fourth-order valence-corrected chi connectivity index (χ4v) is 4.99. The number of nitrogens with zero attached hydrogens (tertiary/aromatic N) is 2. The zero-order chi connectivity index (χ0) is 23.9. The van der Waals surface area contributed by atoms with Crippen LogP contribution in [0.5, 0.6) is 5.75 Å². The van der Waals surface area contributed by atoms with Gasteiger partial charge >= 0.3 is 5.97 Å². The molecule has 1 amide bonds. The Hall–Kier alpha value is -2.62. The number of sulfonamides is 1. The molecule has 10 heteroatoms. The molecule has 0 heterocycles. The first-order valence-corrected chi connectivity index (χ1v) is 11.8. The third kappa shape index (κ3) is 5.99. The summed E-state index contributed by atoms with van der Waals surface area (Å²) < 4.78 is 37.2. The Morgan fingerprint density at radius 1 is 1.06 bits per heavy atom. The Balaban J connectivity index is 2.09. The van der Waals surface area contributed by atoms with Crippen LogP contribution in [0.25, 0.3) is 0 Å². The molecule has 2 aromatic carbocycles. The number of para-hydroxylation sites is 1. The lowest BCUT2D eigenvalue weighted by atomic mass is 10.2. The zero-order valence-corrected chi connectivity index (χ0v) is 20.1. The molecule has 0 bridgehead atoms. The van der Waals surface area contributed by atoms with Gasteiger partial charge in [0.1, 0.15) is 10.6 Å². The van der Waals surface area contributed by atoms with E-state index in [2.05, 4.69) is 0 Å². The molecule has 0 saturated carbocycles. The Labute approximate surface area is 193 Å². The molecule has 0 fully saturated rings. The van der Waals surface area contributed by atoms with E-state index in [0.717, 1.165) is 5.56 Å². The number of ether oxygens (including phenoxy) is 2. The van der Waals surface area contributed by atoms with Crippen LogP contribution < -0.4 is 4.74 Å². The van der Waals surface area contributed by atoms with Gasteiger partial charge in [0.25, 0.3) is 5.91 Å². The number of benzene rings is 2. The number of amides is 1. The summed E-state index contributed by atoms with van der Waals surface area (Å²) >= 11 is 6.09. The topological polar surface area (TPSA) is 93.2 Å². The van der Waals surface area contributed by atoms with Gasteiger partial charge in [-0.25, -0.2) is 13.2 Å². The maximum Gasteiger partial charge on any atom is 0.338 e. The average Bonchev–Trinajstić information content (AvgIpc) is 2.78. The van der Waals surface area contributed by atoms with Crippen molar-refractivity contribution in [3.8, 4) is 5.75 Å². The number of rotatable bonds is 10. The number of carbonyl (C=O) groups is 2. The highest BCUT2D eigenvalue weighted by Crippen LogP contribution is 2.26. The third-order valence-electron chi connectivity index (χ3n) is 4.84. The minimum absolute atomic E-state index is 0.000989. The monoisotopic (exact) mass is 482 g/mol. The van der Waals surface area contributed by atoms with Crippen LogP contribution in [0, 0.1) is 0 Å². The van der Waals surface area contributed by atoms with Crippen LogP contribution in [0.3, 0.4) is 0 Å². The largest absolute Gasteiger partial charge is 0.496 e. The molecule has 0 unspecified atom stereocenters. The highest BCUT2D eigenvalue weighted by atomic mass is 35.5. The third-order valence-corrected chi connectivity index (χ3v) is 7.37. The van der Waals surface area contributed by atoms with Crippen LogP contribution in [-0.2, 0) is 26.1 Å². The summed E-state index contributed by atoms with van der Waals surface area (Å²) in [4.78, 5) is 26.1. The summed E-state index contributed by atoms with van der Waals surface area (Å²) in [6.07, 6.45) is 0. The van der Waals surface area contributed by atoms with Crippen molar-refractivity contribution in [2.75, 3.05) is 33.9 Å². The average molecular weight is 483 g/mol. The van der Waals surface area contributed by atoms with Crippen LogP contribution in [0.15, 0.2) is 47.4 Å². The van der Waals surface area contributed by atoms with Crippen molar-refractivity contribution in [1.82, 2.24) is 9.21 Å². The standard InChI is InChI=1S/C22H27ClN2O6S/c1-5-25(6-2)32(28,29)20-13-16(11-12-18(20)23)22(27)31-15-21(26)24(3)14-17-9-7-8-10-19(17)30-4/h7-13H,5-6,14-15H2,1-4H3. The zero-order valence-electron chi connectivity index (χ0n) is 18.5. The lowest BCUT2D eigenvalue weighted by Crippen LogP contribution is -2.31. The van der Waals surface area contributed by atoms with Crippen molar-refractivity contribution in [3.05, 3.63) is 58.6 Å². The summed E-state index contributed by atoms with van der Waals surface area (Å²) in [5, 5.41) is 0.000989. The Morgan fingerprint density at radius 2 is 1.72 bits per heavy atom. The number of likely N-dealkylation sites (N-methyl/N-ethyl adjacent to an activating group) is 1. The van der Waals surface area contributed by atoms with Gasteiger partial charge in [-0.15, -0.1) is 0 Å². The molecule has 0 radical (unpaired) electrons. The van der Waals surface area contributed by atoms with Gasteiger partial charge in [-0.05, 0) is 24.3 Å². The van der Waals surface area contributed by atoms with Gasteiger partial charge in [0.2, 0.25) is 10.0 Å². The molecule has 0 atom stereocenters. The Morgan fingerprint density at radius 3 is 2.34 bits per heavy atom. The first kappa shape index (κ1) is 25.6. The summed E-state index contributed by atoms with van der Waals surface area (Å²) in [7, 11) is -0.739. The number of methoxy groups -OCH3 is 1. The van der Waals surface area contributed by atoms with E-state index in [0.29, 0.717) is 5.75 Å². The van der Waals surface area contributed by atoms with Gasteiger partial charge in [0.05, 0.1) is 17.7 Å². The molecular weight excluding hydrogens is 456 g/mol. The van der Waals surface area contributed by atoms with Gasteiger partial charge in [0.15, 0.2) is 6.61 Å². The molecule has 174 valence electrons. The number of esters is 1. The highest BCUT2D eigenvalue weighted by Gasteiger charge is 2.26. The molecular formula is C22H27ClN2O6S. The van der Waals surface area contributed by atoms with E-state index in [4.69, 9.17) is 21.1 Å². The highest BCUT2D eigenvalue weighted by molar-refractivity contribution is 7.89. The van der Waals surface area contributed by atoms with Gasteiger partial charge in [-0.2, -0.15) is 4.31 Å². The minimum atomic E-state index is -3.87. The van der Waals surface area contributed by atoms with E-state index in [1.165, 1.54) is 27.4 Å². The number of carbonyl (C=O) groups excluding carboxylic acids is 2. The van der Waals surface area contributed by atoms with Crippen LogP contribution in [0.2, 0.25) is 5.02 Å². The van der Waals surface area contributed by atoms with Crippen molar-refractivity contribution < 1.29 is 27.5 Å². The Kier molecular flexibility index (Phi) is 9.06. The number of hydrogen-bond acceptors (Lipinski definition) is 6. The molecule has 0 aliphatic carbocycles. The van der Waals surface area contributed by atoms with Crippen LogP contribution in [-0.4, -0.2) is 63.4 Å². The summed E-state index contributed by atoms with van der Waals surface area (Å²) in [5.74, 6) is -0.599. The van der Waals surface area contributed by atoms with Crippen molar-refractivity contribution in [2.45, 2.75) is 25.3 Å². The second kappa shape index (κ2) is 11.3. The van der Waals surface area contributed by atoms with Crippen molar-refractivity contribution in [3.63, 3.8) is 0 Å². The molecule has 0 aliphatic heterocycles. The van der Waals surface area contributed by atoms with Crippen molar-refractivity contribution >= 4 is 33.5 Å². The summed E-state index contributed by atoms with van der Waals surface area (Å²) in [5.41, 5.74) is 0.793. The van der Waals surface area contributed by atoms with Gasteiger partial charge in [0, 0.05) is 32.2 Å². The SMILES string of the molecule is CCN(CC)S(=O)(=O)c1cc(C(=O)OCC(=O)N(C)Cc2ccccc2OC)ccc1Cl. The van der Waals surface area contributed by atoms with Gasteiger partial charge in [-0.3, -0.25) is 4.79 Å². The van der Waals surface area contributed by atoms with Crippen LogP contribution in [0.1, 0.15) is 29.8 Å². The number of halogens is 1. The van der Waals surface area contributed by atoms with Gasteiger partial charge < -0.3 is 14.4 Å². The van der Waals surface area contributed by atoms with Gasteiger partial charge in [-0.1, -0.05) is 43.6 Å². The van der Waals surface area contributed by atoms with E-state index in [1.54, 1.807) is 34.1 Å². The fourth-order valence-electron chi connectivity index (χ4n) is 3.03. The molecule has 0 aromatic heterocycles. The molecule has 0 N–H and O–H groups in total. The van der Waals surface area contributed by atoms with E-state index < -0.39 is 28.5 Å². The van der Waals surface area contributed by atoms with E-state index in [-0.39, 0.29) is 35.1 Å². The number of hydrogen-bond donors (Lipinski definition) is 0. The maximum absolute atomic E-state index is 12.8. The predicted octanol–water partition coefficient (Wildman–Crippen LogP) is 3.19. The predicted molar refractivity (Wildman–Crippen MR) is 121 cm³/mol. The molecule has 0 spiro atoms. The maximum atomic E-state index is 12.8. The van der Waals surface area contributed by atoms with E-state index in [9.17, 15) is 18.0 Å². The van der Waals surface area contributed by atoms with Crippen LogP contribution in [0.4, 0.5) is 0 Å². The quantitative estimate of drug-likeness (QED) is 0.483. The van der Waals surface area contributed by atoms with Crippen LogP contribution >= 0.6 is 11.6 Å². The van der Waals surface area contributed by atoms with E-state index in [1.807, 2.05) is 18.2 Å². The second-order valence-corrected chi connectivity index (χ2v) is 9.19. The first-order chi connectivity index (χ1) is 15.1. The second-order valence-electron chi connectivity index (χ2n) is 6.87. The fraction of sp³-hybridized carbons (Fsp3) is 0.364. The van der Waals surface area contributed by atoms with Crippen molar-refractivity contribution in [1.29, 1.82) is 0 Å². The lowest BCUT2D eigenvalue weighted by Gasteiger charge is -2.20. The molecule has 0 saturated heterocycles. The minimum Gasteiger partial charge on any atom is -0.496 e. The normalized spacial score (nSPS) is 11.3. The molecule has 2 aromatic rings. The Bertz CT molecular complexity index is 1070. The lowest BCUT2D eigenvalue weighted by molar-refractivity contribution is -0.133. The molecule has 2 rings (SSSR count). The summed E-state index contributed by atoms with van der Waals surface area (Å²) in [6, 6.07) is 11.1.